The Morgan fingerprint density at radius 2 is 1.94 bits per heavy atom. The minimum atomic E-state index is -0.572. The van der Waals surface area contributed by atoms with Gasteiger partial charge in [0.1, 0.15) is 5.82 Å². The second kappa shape index (κ2) is 10.2. The van der Waals surface area contributed by atoms with Gasteiger partial charge in [0.05, 0.1) is 18.2 Å². The Bertz CT molecular complexity index is 998. The van der Waals surface area contributed by atoms with Crippen LogP contribution >= 0.6 is 11.8 Å². The molecular weight excluding hydrogens is 426 g/mol. The molecule has 1 aliphatic heterocycles. The van der Waals surface area contributed by atoms with Crippen LogP contribution in [0.5, 0.6) is 0 Å². The molecule has 2 heterocycles. The highest BCUT2D eigenvalue weighted by Crippen LogP contribution is 2.34. The van der Waals surface area contributed by atoms with Crippen LogP contribution in [0.2, 0.25) is 0 Å². The summed E-state index contributed by atoms with van der Waals surface area (Å²) < 4.78 is 7.56. The molecule has 9 heteroatoms. The molecule has 1 atom stereocenters. The number of nitrogens with zero attached hydrogens (tertiary/aromatic N) is 3. The molecule has 1 aromatic heterocycles. The van der Waals surface area contributed by atoms with Gasteiger partial charge in [-0.05, 0) is 32.3 Å². The maximum Gasteiger partial charge on any atom is 0.338 e. The van der Waals surface area contributed by atoms with Gasteiger partial charge in [-0.3, -0.25) is 0 Å². The van der Waals surface area contributed by atoms with E-state index in [1.807, 2.05) is 37.3 Å². The Morgan fingerprint density at radius 3 is 2.66 bits per heavy atom. The first-order valence-corrected chi connectivity index (χ1v) is 12.1. The molecule has 0 spiro atoms. The number of benzene rings is 1. The van der Waals surface area contributed by atoms with Crippen molar-refractivity contribution in [2.75, 3.05) is 12.4 Å². The van der Waals surface area contributed by atoms with Gasteiger partial charge in [-0.1, -0.05) is 61.4 Å². The Balaban J connectivity index is 1.64. The SMILES string of the molecule is CCOC(=O)C1=C(CSc2nnc(C)n2C2CCCCC2)NC(=O)NC1c1ccccc1. The normalized spacial score (nSPS) is 19.4. The molecule has 0 bridgehead atoms. The minimum absolute atomic E-state index is 0.257. The maximum atomic E-state index is 12.9. The average molecular weight is 456 g/mol. The van der Waals surface area contributed by atoms with E-state index in [9.17, 15) is 9.59 Å². The molecule has 1 saturated carbocycles. The molecule has 2 N–H and O–H groups in total. The van der Waals surface area contributed by atoms with Crippen LogP contribution in [0.15, 0.2) is 46.8 Å². The molecule has 1 unspecified atom stereocenters. The Hall–Kier alpha value is -2.81. The van der Waals surface area contributed by atoms with Crippen LogP contribution in [0.25, 0.3) is 0 Å². The molecule has 0 saturated heterocycles. The fraction of sp³-hybridized carbons (Fsp3) is 0.478. The number of urea groups is 1. The largest absolute Gasteiger partial charge is 0.463 e. The van der Waals surface area contributed by atoms with Crippen LogP contribution in [0.1, 0.15) is 62.5 Å². The lowest BCUT2D eigenvalue weighted by molar-refractivity contribution is -0.139. The van der Waals surface area contributed by atoms with Crippen molar-refractivity contribution in [2.24, 2.45) is 0 Å². The summed E-state index contributed by atoms with van der Waals surface area (Å²) in [6.45, 7) is 4.01. The van der Waals surface area contributed by atoms with Crippen LogP contribution in [0, 0.1) is 6.92 Å². The summed E-state index contributed by atoms with van der Waals surface area (Å²) in [7, 11) is 0. The van der Waals surface area contributed by atoms with E-state index in [2.05, 4.69) is 25.4 Å². The minimum Gasteiger partial charge on any atom is -0.463 e. The molecule has 2 aliphatic rings. The highest BCUT2D eigenvalue weighted by molar-refractivity contribution is 7.99. The number of hydrogen-bond donors (Lipinski definition) is 2. The lowest BCUT2D eigenvalue weighted by Crippen LogP contribution is -2.46. The fourth-order valence-corrected chi connectivity index (χ4v) is 5.44. The van der Waals surface area contributed by atoms with E-state index >= 15 is 0 Å². The van der Waals surface area contributed by atoms with Crippen molar-refractivity contribution in [3.63, 3.8) is 0 Å². The first-order valence-electron chi connectivity index (χ1n) is 11.2. The van der Waals surface area contributed by atoms with Crippen LogP contribution < -0.4 is 10.6 Å². The van der Waals surface area contributed by atoms with Crippen LogP contribution in [0.4, 0.5) is 4.79 Å². The van der Waals surface area contributed by atoms with Crippen molar-refractivity contribution in [1.82, 2.24) is 25.4 Å². The smallest absolute Gasteiger partial charge is 0.338 e. The number of amides is 2. The molecule has 170 valence electrons. The van der Waals surface area contributed by atoms with Gasteiger partial charge in [0, 0.05) is 17.5 Å². The third kappa shape index (κ3) is 4.82. The van der Waals surface area contributed by atoms with Crippen LogP contribution in [-0.2, 0) is 9.53 Å². The number of rotatable bonds is 7. The lowest BCUT2D eigenvalue weighted by atomic mass is 9.95. The highest BCUT2D eigenvalue weighted by atomic mass is 32.2. The Morgan fingerprint density at radius 1 is 1.19 bits per heavy atom. The summed E-state index contributed by atoms with van der Waals surface area (Å²) in [5.41, 5.74) is 1.79. The second-order valence-electron chi connectivity index (χ2n) is 8.04. The molecule has 2 aromatic rings. The van der Waals surface area contributed by atoms with E-state index in [1.54, 1.807) is 6.92 Å². The quantitative estimate of drug-likeness (QED) is 0.483. The summed E-state index contributed by atoms with van der Waals surface area (Å²) in [5.74, 6) is 0.848. The molecule has 1 aromatic carbocycles. The third-order valence-electron chi connectivity index (χ3n) is 5.90. The van der Waals surface area contributed by atoms with Crippen molar-refractivity contribution in [2.45, 2.75) is 63.2 Å². The predicted molar refractivity (Wildman–Crippen MR) is 122 cm³/mol. The summed E-state index contributed by atoms with van der Waals surface area (Å²) in [6.07, 6.45) is 5.95. The van der Waals surface area contributed by atoms with Crippen molar-refractivity contribution >= 4 is 23.8 Å². The van der Waals surface area contributed by atoms with Gasteiger partial charge >= 0.3 is 12.0 Å². The number of thioether (sulfide) groups is 1. The molecule has 1 aliphatic carbocycles. The summed E-state index contributed by atoms with van der Waals surface area (Å²) in [4.78, 5) is 25.4. The first-order chi connectivity index (χ1) is 15.6. The summed E-state index contributed by atoms with van der Waals surface area (Å²) in [6, 6.07) is 8.94. The van der Waals surface area contributed by atoms with Crippen molar-refractivity contribution in [1.29, 1.82) is 0 Å². The van der Waals surface area contributed by atoms with Crippen molar-refractivity contribution < 1.29 is 14.3 Å². The van der Waals surface area contributed by atoms with Gasteiger partial charge in [0.25, 0.3) is 0 Å². The number of carbonyl (C=O) groups excluding carboxylic acids is 2. The lowest BCUT2D eigenvalue weighted by Gasteiger charge is -2.29. The van der Waals surface area contributed by atoms with E-state index in [1.165, 1.54) is 31.0 Å². The zero-order chi connectivity index (χ0) is 22.5. The van der Waals surface area contributed by atoms with Gasteiger partial charge in [-0.15, -0.1) is 10.2 Å². The van der Waals surface area contributed by atoms with E-state index in [4.69, 9.17) is 4.74 Å². The zero-order valence-corrected chi connectivity index (χ0v) is 19.3. The van der Waals surface area contributed by atoms with E-state index in [-0.39, 0.29) is 12.6 Å². The van der Waals surface area contributed by atoms with Crippen LogP contribution in [-0.4, -0.2) is 39.1 Å². The molecule has 8 nitrogen and oxygen atoms in total. The number of hydrogen-bond acceptors (Lipinski definition) is 6. The number of aryl methyl sites for hydroxylation is 1. The monoisotopic (exact) mass is 455 g/mol. The first kappa shape index (κ1) is 22.4. The molecule has 0 radical (unpaired) electrons. The number of aromatic nitrogens is 3. The van der Waals surface area contributed by atoms with Crippen LogP contribution in [0.3, 0.4) is 0 Å². The number of carbonyl (C=O) groups is 2. The molecule has 32 heavy (non-hydrogen) atoms. The van der Waals surface area contributed by atoms with E-state index in [0.29, 0.717) is 23.1 Å². The summed E-state index contributed by atoms with van der Waals surface area (Å²) in [5, 5.41) is 15.2. The average Bonchev–Trinajstić information content (AvgIpc) is 3.18. The second-order valence-corrected chi connectivity index (χ2v) is 8.98. The van der Waals surface area contributed by atoms with E-state index < -0.39 is 12.0 Å². The molecule has 2 amide bonds. The third-order valence-corrected chi connectivity index (χ3v) is 6.87. The van der Waals surface area contributed by atoms with Crippen molar-refractivity contribution in [3.8, 4) is 0 Å². The predicted octanol–water partition coefficient (Wildman–Crippen LogP) is 4.06. The fourth-order valence-electron chi connectivity index (χ4n) is 4.42. The highest BCUT2D eigenvalue weighted by Gasteiger charge is 2.34. The Labute approximate surface area is 192 Å². The number of nitrogens with one attached hydrogen (secondary N) is 2. The number of esters is 1. The maximum absolute atomic E-state index is 12.9. The topological polar surface area (TPSA) is 98.1 Å². The van der Waals surface area contributed by atoms with Gasteiger partial charge in [0.15, 0.2) is 5.16 Å². The zero-order valence-electron chi connectivity index (χ0n) is 18.5. The van der Waals surface area contributed by atoms with Gasteiger partial charge in [-0.25, -0.2) is 9.59 Å². The van der Waals surface area contributed by atoms with Gasteiger partial charge in [0.2, 0.25) is 0 Å². The summed E-state index contributed by atoms with van der Waals surface area (Å²) >= 11 is 1.49. The van der Waals surface area contributed by atoms with Gasteiger partial charge in [-0.2, -0.15) is 0 Å². The van der Waals surface area contributed by atoms with E-state index in [0.717, 1.165) is 29.4 Å². The van der Waals surface area contributed by atoms with Gasteiger partial charge < -0.3 is 19.9 Å². The van der Waals surface area contributed by atoms with Crippen molar-refractivity contribution in [3.05, 3.63) is 53.0 Å². The molecule has 1 fully saturated rings. The Kier molecular flexibility index (Phi) is 7.14. The molecule has 4 rings (SSSR count). The standard InChI is InChI=1S/C23H29N5O3S/c1-3-31-21(29)19-18(24-22(30)25-20(19)16-10-6-4-7-11-16)14-32-23-27-26-15(2)28(23)17-12-8-5-9-13-17/h4,6-7,10-11,17,20H,3,5,8-9,12-14H2,1-2H3,(H2,24,25,30). The molecular formula is C23H29N5O3S. The number of ether oxygens (including phenoxy) is 1.